The summed E-state index contributed by atoms with van der Waals surface area (Å²) in [6.07, 6.45) is 3.30. The number of pyridine rings is 1. The summed E-state index contributed by atoms with van der Waals surface area (Å²) < 4.78 is 1.69. The van der Waals surface area contributed by atoms with Gasteiger partial charge in [0.05, 0.1) is 29.6 Å². The number of nitrogens with one attached hydrogen (secondary N) is 2. The molecule has 1 atom stereocenters. The van der Waals surface area contributed by atoms with E-state index >= 15 is 0 Å². The van der Waals surface area contributed by atoms with Crippen molar-refractivity contribution in [2.24, 2.45) is 0 Å². The fourth-order valence-corrected chi connectivity index (χ4v) is 3.35. The van der Waals surface area contributed by atoms with E-state index in [0.717, 1.165) is 5.56 Å². The molecule has 0 saturated carbocycles. The predicted octanol–water partition coefficient (Wildman–Crippen LogP) is 4.46. The highest BCUT2D eigenvalue weighted by Gasteiger charge is 2.19. The Morgan fingerprint density at radius 3 is 2.69 bits per heavy atom. The van der Waals surface area contributed by atoms with E-state index in [1.54, 1.807) is 59.4 Å². The average molecular weight is 433 g/mol. The Morgan fingerprint density at radius 2 is 2.00 bits per heavy atom. The van der Waals surface area contributed by atoms with Crippen LogP contribution in [0.25, 0.3) is 5.69 Å². The molecule has 3 N–H and O–H groups in total. The summed E-state index contributed by atoms with van der Waals surface area (Å²) in [7, 11) is 0. The first-order valence-corrected chi connectivity index (χ1v) is 9.91. The van der Waals surface area contributed by atoms with Crippen LogP contribution in [0.4, 0.5) is 5.82 Å². The Kier molecular flexibility index (Phi) is 6.79. The van der Waals surface area contributed by atoms with E-state index in [4.69, 9.17) is 23.2 Å². The number of anilines is 1. The largest absolute Gasteiger partial charge is 0.394 e. The van der Waals surface area contributed by atoms with E-state index < -0.39 is 6.04 Å². The van der Waals surface area contributed by atoms with Crippen molar-refractivity contribution in [3.63, 3.8) is 0 Å². The Bertz CT molecular complexity index is 1000. The number of aliphatic hydroxyl groups is 1. The van der Waals surface area contributed by atoms with Gasteiger partial charge < -0.3 is 20.3 Å². The molecule has 0 spiro atoms. The molecule has 6 nitrogen and oxygen atoms in total. The van der Waals surface area contributed by atoms with E-state index in [2.05, 4.69) is 15.6 Å². The number of amides is 1. The van der Waals surface area contributed by atoms with Crippen molar-refractivity contribution in [1.82, 2.24) is 14.9 Å². The van der Waals surface area contributed by atoms with Gasteiger partial charge in [-0.2, -0.15) is 0 Å². The number of nitrogens with zero attached hydrogens (tertiary/aromatic N) is 2. The Morgan fingerprint density at radius 1 is 1.21 bits per heavy atom. The number of carbonyl (C=O) groups is 1. The molecule has 0 bridgehead atoms. The summed E-state index contributed by atoms with van der Waals surface area (Å²) in [6.45, 7) is 3.76. The number of halogens is 2. The fraction of sp³-hybridized carbons (Fsp3) is 0.238. The summed E-state index contributed by atoms with van der Waals surface area (Å²) in [6, 6.07) is 11.9. The molecule has 0 aliphatic heterocycles. The van der Waals surface area contributed by atoms with Gasteiger partial charge in [0.2, 0.25) is 0 Å². The van der Waals surface area contributed by atoms with E-state index in [0.29, 0.717) is 27.2 Å². The highest BCUT2D eigenvalue weighted by molar-refractivity contribution is 6.32. The molecular weight excluding hydrogens is 411 g/mol. The summed E-state index contributed by atoms with van der Waals surface area (Å²) >= 11 is 12.4. The van der Waals surface area contributed by atoms with Crippen LogP contribution in [-0.4, -0.2) is 33.2 Å². The van der Waals surface area contributed by atoms with E-state index in [1.165, 1.54) is 0 Å². The quantitative estimate of drug-likeness (QED) is 0.514. The molecule has 3 rings (SSSR count). The van der Waals surface area contributed by atoms with Crippen LogP contribution in [-0.2, 0) is 0 Å². The van der Waals surface area contributed by atoms with E-state index in [-0.39, 0.29) is 18.6 Å². The minimum Gasteiger partial charge on any atom is -0.394 e. The zero-order chi connectivity index (χ0) is 21.0. The molecule has 29 heavy (non-hydrogen) atoms. The first-order valence-electron chi connectivity index (χ1n) is 9.16. The second-order valence-corrected chi connectivity index (χ2v) is 7.69. The fourth-order valence-electron chi connectivity index (χ4n) is 2.95. The smallest absolute Gasteiger partial charge is 0.268 e. The third kappa shape index (κ3) is 5.09. The number of carbonyl (C=O) groups excluding carboxylic acids is 1. The zero-order valence-electron chi connectivity index (χ0n) is 16.1. The van der Waals surface area contributed by atoms with E-state index in [9.17, 15) is 9.90 Å². The van der Waals surface area contributed by atoms with Gasteiger partial charge in [-0.3, -0.25) is 4.79 Å². The van der Waals surface area contributed by atoms with Crippen LogP contribution < -0.4 is 10.6 Å². The van der Waals surface area contributed by atoms with Crippen LogP contribution in [0.15, 0.2) is 54.9 Å². The van der Waals surface area contributed by atoms with Crippen molar-refractivity contribution in [3.05, 3.63) is 76.2 Å². The van der Waals surface area contributed by atoms with Gasteiger partial charge in [-0.05, 0) is 43.7 Å². The number of hydrogen-bond donors (Lipinski definition) is 3. The molecule has 2 aromatic heterocycles. The third-order valence-electron chi connectivity index (χ3n) is 4.25. The van der Waals surface area contributed by atoms with Crippen molar-refractivity contribution in [3.8, 4) is 5.69 Å². The summed E-state index contributed by atoms with van der Waals surface area (Å²) in [5.74, 6) is 0.312. The zero-order valence-corrected chi connectivity index (χ0v) is 17.6. The molecule has 1 unspecified atom stereocenters. The first kappa shape index (κ1) is 21.2. The molecule has 0 radical (unpaired) electrons. The molecule has 1 aromatic carbocycles. The molecule has 8 heteroatoms. The normalized spacial score (nSPS) is 12.1. The summed E-state index contributed by atoms with van der Waals surface area (Å²) in [5.41, 5.74) is 1.73. The molecule has 2 heterocycles. The molecule has 0 aliphatic carbocycles. The van der Waals surface area contributed by atoms with Crippen LogP contribution >= 0.6 is 23.2 Å². The van der Waals surface area contributed by atoms with E-state index in [1.807, 2.05) is 13.8 Å². The van der Waals surface area contributed by atoms with Crippen LogP contribution in [0.2, 0.25) is 10.0 Å². The Balaban J connectivity index is 1.89. The molecule has 1 amide bonds. The van der Waals surface area contributed by atoms with Gasteiger partial charge in [-0.25, -0.2) is 4.98 Å². The van der Waals surface area contributed by atoms with Gasteiger partial charge >= 0.3 is 0 Å². The van der Waals surface area contributed by atoms with Crippen LogP contribution in [0, 0.1) is 0 Å². The van der Waals surface area contributed by atoms with Gasteiger partial charge in [-0.1, -0.05) is 35.3 Å². The van der Waals surface area contributed by atoms with Gasteiger partial charge in [0, 0.05) is 23.3 Å². The number of benzene rings is 1. The number of aliphatic hydroxyl groups excluding tert-OH is 1. The molecule has 152 valence electrons. The lowest BCUT2D eigenvalue weighted by Crippen LogP contribution is -2.32. The monoisotopic (exact) mass is 432 g/mol. The van der Waals surface area contributed by atoms with Gasteiger partial charge in [0.25, 0.3) is 5.91 Å². The molecule has 0 saturated heterocycles. The highest BCUT2D eigenvalue weighted by atomic mass is 35.5. The Hall–Kier alpha value is -2.54. The maximum absolute atomic E-state index is 13.0. The maximum atomic E-state index is 13.0. The lowest BCUT2D eigenvalue weighted by Gasteiger charge is -2.18. The SMILES string of the molecule is CC(C)Nc1cc(-n2cccc2C(=O)NC(CO)c2cccc(Cl)c2)c(Cl)cn1. The van der Waals surface area contributed by atoms with Crippen molar-refractivity contribution in [2.45, 2.75) is 25.9 Å². The van der Waals surface area contributed by atoms with Crippen molar-refractivity contribution >= 4 is 34.9 Å². The third-order valence-corrected chi connectivity index (χ3v) is 4.78. The first-order chi connectivity index (χ1) is 13.9. The maximum Gasteiger partial charge on any atom is 0.268 e. The average Bonchev–Trinajstić information content (AvgIpc) is 3.16. The topological polar surface area (TPSA) is 79.2 Å². The second kappa shape index (κ2) is 9.31. The number of hydrogen-bond acceptors (Lipinski definition) is 4. The van der Waals surface area contributed by atoms with Gasteiger partial charge in [0.15, 0.2) is 0 Å². The highest BCUT2D eigenvalue weighted by Crippen LogP contribution is 2.25. The van der Waals surface area contributed by atoms with Crippen LogP contribution in [0.1, 0.15) is 35.9 Å². The molecule has 0 fully saturated rings. The van der Waals surface area contributed by atoms with Crippen LogP contribution in [0.3, 0.4) is 0 Å². The number of aromatic nitrogens is 2. The second-order valence-electron chi connectivity index (χ2n) is 6.85. The minimum atomic E-state index is -0.587. The molecule has 0 aliphatic rings. The van der Waals surface area contributed by atoms with Gasteiger partial charge in [0.1, 0.15) is 11.5 Å². The summed E-state index contributed by atoms with van der Waals surface area (Å²) in [5, 5.41) is 16.8. The standard InChI is InChI=1S/C21H22Cl2N4O2/c1-13(2)25-20-10-19(16(23)11-24-20)27-8-4-7-18(27)21(29)26-17(12-28)14-5-3-6-15(22)9-14/h3-11,13,17,28H,12H2,1-2H3,(H,24,25)(H,26,29). The minimum absolute atomic E-state index is 0.201. The molecular formula is C21H22Cl2N4O2. The number of rotatable bonds is 7. The van der Waals surface area contributed by atoms with Crippen molar-refractivity contribution in [2.75, 3.05) is 11.9 Å². The van der Waals surface area contributed by atoms with Crippen LogP contribution in [0.5, 0.6) is 0 Å². The lowest BCUT2D eigenvalue weighted by atomic mass is 10.1. The lowest BCUT2D eigenvalue weighted by molar-refractivity contribution is 0.0909. The van der Waals surface area contributed by atoms with Gasteiger partial charge in [-0.15, -0.1) is 0 Å². The summed E-state index contributed by atoms with van der Waals surface area (Å²) in [4.78, 5) is 17.2. The van der Waals surface area contributed by atoms with Crippen molar-refractivity contribution < 1.29 is 9.90 Å². The predicted molar refractivity (Wildman–Crippen MR) is 116 cm³/mol. The van der Waals surface area contributed by atoms with Crippen molar-refractivity contribution in [1.29, 1.82) is 0 Å². The molecule has 3 aromatic rings. The Labute approximate surface area is 179 Å².